The Labute approximate surface area is 410 Å². The normalized spacial score (nSPS) is 21.7. The highest BCUT2D eigenvalue weighted by atomic mass is 16.5. The summed E-state index contributed by atoms with van der Waals surface area (Å²) in [6.07, 6.45) is 9.88. The molecule has 6 aromatic carbocycles. The van der Waals surface area contributed by atoms with Gasteiger partial charge in [-0.3, -0.25) is 4.57 Å². The minimum absolute atomic E-state index is 0.0313. The summed E-state index contributed by atoms with van der Waals surface area (Å²) in [4.78, 5) is 10.0. The van der Waals surface area contributed by atoms with Gasteiger partial charge in [0.1, 0.15) is 17.3 Å². The molecule has 1 aliphatic heterocycles. The number of benzene rings is 6. The molecule has 8 aromatic rings. The fourth-order valence-electron chi connectivity index (χ4n) is 14.2. The van der Waals surface area contributed by atoms with Crippen molar-refractivity contribution in [1.82, 2.24) is 9.55 Å². The van der Waals surface area contributed by atoms with Crippen LogP contribution in [-0.4, -0.2) is 23.3 Å². The molecule has 69 heavy (non-hydrogen) atoms. The van der Waals surface area contributed by atoms with Crippen LogP contribution in [0.3, 0.4) is 0 Å². The zero-order valence-electron chi connectivity index (χ0n) is 42.2. The molecule has 4 bridgehead atoms. The minimum atomic E-state index is -0.0313. The molecule has 3 heterocycles. The molecule has 0 atom stereocenters. The first-order valence-corrected chi connectivity index (χ1v) is 26.1. The SMILES string of the molecule is CCc1cc(C(C)C)c(-c2cc(Oc3ccc4c5ccccc5n(-c5cc(C6(c7cc(C)c(C)c(C)c7)C7CC8CC(C7)CC6C8)ccn5)c4c3)cc(N3CN(C)c4ccccc43)c2)c(C(C)C)c1. The average Bonchev–Trinajstić information content (AvgIpc) is 3.86. The van der Waals surface area contributed by atoms with Crippen LogP contribution >= 0.6 is 0 Å². The molecule has 5 aliphatic rings. The van der Waals surface area contributed by atoms with Gasteiger partial charge >= 0.3 is 0 Å². The highest BCUT2D eigenvalue weighted by molar-refractivity contribution is 6.09. The van der Waals surface area contributed by atoms with Crippen molar-refractivity contribution in [2.75, 3.05) is 23.5 Å². The van der Waals surface area contributed by atoms with E-state index in [1.54, 1.807) is 0 Å². The predicted molar refractivity (Wildman–Crippen MR) is 288 cm³/mol. The first-order valence-electron chi connectivity index (χ1n) is 26.1. The summed E-state index contributed by atoms with van der Waals surface area (Å²) in [6, 6.07) is 46.1. The Hall–Kier alpha value is -6.33. The van der Waals surface area contributed by atoms with Gasteiger partial charge in [-0.1, -0.05) is 89.2 Å². The Morgan fingerprint density at radius 3 is 1.97 bits per heavy atom. The van der Waals surface area contributed by atoms with Crippen molar-refractivity contribution < 1.29 is 4.74 Å². The van der Waals surface area contributed by atoms with Crippen molar-refractivity contribution in [3.63, 3.8) is 0 Å². The second-order valence-corrected chi connectivity index (χ2v) is 22.2. The first kappa shape index (κ1) is 43.9. The molecule has 5 heteroatoms. The van der Waals surface area contributed by atoms with E-state index in [0.29, 0.717) is 23.7 Å². The largest absolute Gasteiger partial charge is 0.457 e. The first-order chi connectivity index (χ1) is 33.4. The third kappa shape index (κ3) is 7.03. The molecule has 5 nitrogen and oxygen atoms in total. The van der Waals surface area contributed by atoms with Crippen LogP contribution in [0, 0.1) is 44.4 Å². The summed E-state index contributed by atoms with van der Waals surface area (Å²) in [5.41, 5.74) is 19.7. The number of hydrogen-bond donors (Lipinski definition) is 0. The number of fused-ring (bicyclic) bond motifs is 4. The quantitative estimate of drug-likeness (QED) is 0.137. The maximum absolute atomic E-state index is 7.21. The van der Waals surface area contributed by atoms with Gasteiger partial charge in [0.15, 0.2) is 0 Å². The minimum Gasteiger partial charge on any atom is -0.457 e. The van der Waals surface area contributed by atoms with Crippen LogP contribution in [0.15, 0.2) is 128 Å². The summed E-state index contributed by atoms with van der Waals surface area (Å²) in [5.74, 6) is 6.33. The van der Waals surface area contributed by atoms with Crippen LogP contribution in [-0.2, 0) is 11.8 Å². The number of aryl methyl sites for hydroxylation is 3. The Morgan fingerprint density at radius 2 is 1.29 bits per heavy atom. The monoisotopic (exact) mass is 909 g/mol. The standard InChI is InChI=1S/C64H68N4O/c1-10-43-30-56(38(2)3)63(57(31-43)39(4)5)46-32-51(67-37-66(9)59-17-13-14-18-60(59)67)35-53(33-46)69-52-19-20-55-54-15-11-12-16-58(54)68(61(55)36-52)62-34-47(21-22-65-62)64(48-23-40(6)42(8)41(7)24-48)49-26-44-25-45(28-49)29-50(64)27-44/h11-24,30-36,38-39,44-45,49-50H,10,25-29,37H2,1-9H3. The van der Waals surface area contributed by atoms with Gasteiger partial charge in [-0.05, 0) is 205 Å². The van der Waals surface area contributed by atoms with E-state index in [4.69, 9.17) is 9.72 Å². The van der Waals surface area contributed by atoms with E-state index in [1.165, 1.54) is 110 Å². The zero-order chi connectivity index (χ0) is 47.5. The summed E-state index contributed by atoms with van der Waals surface area (Å²) in [6.45, 7) is 19.3. The Bertz CT molecular complexity index is 3240. The van der Waals surface area contributed by atoms with Crippen LogP contribution in [0.25, 0.3) is 38.8 Å². The molecule has 0 spiro atoms. The Balaban J connectivity index is 1.01. The lowest BCUT2D eigenvalue weighted by atomic mass is 9.42. The van der Waals surface area contributed by atoms with E-state index in [0.717, 1.165) is 59.0 Å². The molecule has 0 saturated heterocycles. The molecule has 2 aromatic heterocycles. The maximum atomic E-state index is 7.21. The van der Waals surface area contributed by atoms with Gasteiger partial charge in [-0.15, -0.1) is 0 Å². The van der Waals surface area contributed by atoms with Gasteiger partial charge in [-0.2, -0.15) is 0 Å². The molecule has 350 valence electrons. The van der Waals surface area contributed by atoms with Crippen LogP contribution in [0.5, 0.6) is 11.5 Å². The Kier molecular flexibility index (Phi) is 10.6. The third-order valence-corrected chi connectivity index (χ3v) is 17.5. The van der Waals surface area contributed by atoms with E-state index < -0.39 is 0 Å². The smallest absolute Gasteiger partial charge is 0.137 e. The van der Waals surface area contributed by atoms with Crippen molar-refractivity contribution in [3.8, 4) is 28.4 Å². The van der Waals surface area contributed by atoms with E-state index in [-0.39, 0.29) is 5.41 Å². The number of ether oxygens (including phenoxy) is 1. The highest BCUT2D eigenvalue weighted by Crippen LogP contribution is 2.65. The number of rotatable bonds is 10. The number of nitrogens with zero attached hydrogens (tertiary/aromatic N) is 4. The van der Waals surface area contributed by atoms with E-state index in [2.05, 4.69) is 204 Å². The molecule has 4 aliphatic carbocycles. The summed E-state index contributed by atoms with van der Waals surface area (Å²) in [7, 11) is 2.18. The predicted octanol–water partition coefficient (Wildman–Crippen LogP) is 16.7. The van der Waals surface area contributed by atoms with Gasteiger partial charge in [0, 0.05) is 47.3 Å². The van der Waals surface area contributed by atoms with Crippen LogP contribution in [0.2, 0.25) is 0 Å². The van der Waals surface area contributed by atoms with Crippen molar-refractivity contribution in [2.45, 2.75) is 111 Å². The second-order valence-electron chi connectivity index (χ2n) is 22.2. The lowest BCUT2D eigenvalue weighted by Gasteiger charge is -2.62. The fraction of sp³-hybridized carbons (Fsp3) is 0.359. The van der Waals surface area contributed by atoms with Gasteiger partial charge in [0.25, 0.3) is 0 Å². The van der Waals surface area contributed by atoms with Crippen molar-refractivity contribution in [3.05, 3.63) is 172 Å². The van der Waals surface area contributed by atoms with E-state index in [1.807, 2.05) is 0 Å². The van der Waals surface area contributed by atoms with Crippen molar-refractivity contribution in [1.29, 1.82) is 0 Å². The maximum Gasteiger partial charge on any atom is 0.137 e. The van der Waals surface area contributed by atoms with E-state index >= 15 is 0 Å². The molecule has 0 unspecified atom stereocenters. The van der Waals surface area contributed by atoms with Crippen LogP contribution in [0.4, 0.5) is 17.1 Å². The second kappa shape index (κ2) is 16.7. The fourth-order valence-corrected chi connectivity index (χ4v) is 14.2. The van der Waals surface area contributed by atoms with Gasteiger partial charge in [0.2, 0.25) is 0 Å². The van der Waals surface area contributed by atoms with Gasteiger partial charge < -0.3 is 14.5 Å². The molecule has 4 saturated carbocycles. The molecular weight excluding hydrogens is 841 g/mol. The molecule has 13 rings (SSSR count). The number of hydrogen-bond acceptors (Lipinski definition) is 4. The third-order valence-electron chi connectivity index (χ3n) is 17.5. The van der Waals surface area contributed by atoms with Gasteiger partial charge in [0.05, 0.1) is 29.1 Å². The van der Waals surface area contributed by atoms with Crippen molar-refractivity contribution >= 4 is 38.9 Å². The molecule has 4 fully saturated rings. The number of anilines is 3. The number of para-hydroxylation sites is 3. The topological polar surface area (TPSA) is 33.5 Å². The molecule has 0 N–H and O–H groups in total. The lowest BCUT2D eigenvalue weighted by molar-refractivity contribution is -0.0419. The van der Waals surface area contributed by atoms with Crippen LogP contribution in [0.1, 0.15) is 123 Å². The summed E-state index contributed by atoms with van der Waals surface area (Å²) in [5, 5.41) is 2.42. The zero-order valence-corrected chi connectivity index (χ0v) is 42.2. The Morgan fingerprint density at radius 1 is 0.638 bits per heavy atom. The molecular formula is C64H68N4O. The number of aromatic nitrogens is 2. The van der Waals surface area contributed by atoms with Crippen molar-refractivity contribution in [2.24, 2.45) is 23.7 Å². The highest BCUT2D eigenvalue weighted by Gasteiger charge is 2.58. The lowest BCUT2D eigenvalue weighted by Crippen LogP contribution is -2.56. The van der Waals surface area contributed by atoms with E-state index in [9.17, 15) is 0 Å². The summed E-state index contributed by atoms with van der Waals surface area (Å²) < 4.78 is 9.62. The number of pyridine rings is 1. The summed E-state index contributed by atoms with van der Waals surface area (Å²) >= 11 is 0. The molecule has 0 radical (unpaired) electrons. The average molecular weight is 909 g/mol. The van der Waals surface area contributed by atoms with Crippen LogP contribution < -0.4 is 14.5 Å². The van der Waals surface area contributed by atoms with Gasteiger partial charge in [-0.25, -0.2) is 4.98 Å². The molecule has 0 amide bonds.